The Morgan fingerprint density at radius 1 is 0.655 bits per heavy atom. The molecule has 29 heavy (non-hydrogen) atoms. The second-order valence-electron chi connectivity index (χ2n) is 7.05. The highest BCUT2D eigenvalue weighted by Crippen LogP contribution is 2.14. The largest absolute Gasteiger partial charge is 0.357 e. The summed E-state index contributed by atoms with van der Waals surface area (Å²) in [6, 6.07) is -2.15. The van der Waals surface area contributed by atoms with Crippen molar-refractivity contribution in [3.05, 3.63) is 23.0 Å². The zero-order valence-electron chi connectivity index (χ0n) is 14.9. The first kappa shape index (κ1) is 22.4. The minimum absolute atomic E-state index is 0.120. The van der Waals surface area contributed by atoms with E-state index < -0.39 is 53.7 Å². The fraction of sp³-hybridized carbons (Fsp3) is 0.571. The minimum atomic E-state index is -3.35. The van der Waals surface area contributed by atoms with Crippen LogP contribution in [0, 0.1) is 0 Å². The zero-order chi connectivity index (χ0) is 21.4. The van der Waals surface area contributed by atoms with Gasteiger partial charge in [0.2, 0.25) is 0 Å². The summed E-state index contributed by atoms with van der Waals surface area (Å²) in [5.41, 5.74) is 0. The van der Waals surface area contributed by atoms with Crippen LogP contribution in [0.4, 0.5) is 0 Å². The maximum absolute atomic E-state index is 12.1. The first-order valence-corrected chi connectivity index (χ1v) is 14.6. The molecule has 3 heterocycles. The minimum Gasteiger partial charge on any atom is -0.357 e. The molecule has 10 nitrogen and oxygen atoms in total. The SMILES string of the molecule is O=S1(=O)C=CC(NC(=S)NC2CS(=O)(=O)CC2NC(=S)NC2C=CS(=O)(=O)C2)C1. The number of rotatable bonds is 4. The molecule has 3 rings (SSSR count). The van der Waals surface area contributed by atoms with Gasteiger partial charge in [-0.15, -0.1) is 0 Å². The smallest absolute Gasteiger partial charge is 0.173 e. The Bertz CT molecular complexity index is 1000. The summed E-state index contributed by atoms with van der Waals surface area (Å²) in [5, 5.41) is 14.0. The number of hydrogen-bond donors (Lipinski definition) is 4. The van der Waals surface area contributed by atoms with Gasteiger partial charge in [0, 0.05) is 10.8 Å². The van der Waals surface area contributed by atoms with E-state index in [0.29, 0.717) is 0 Å². The summed E-state index contributed by atoms with van der Waals surface area (Å²) in [6.45, 7) is 0. The van der Waals surface area contributed by atoms with Gasteiger partial charge in [-0.25, -0.2) is 25.3 Å². The molecular formula is C14H20N4O6S5. The lowest BCUT2D eigenvalue weighted by Crippen LogP contribution is -2.56. The highest BCUT2D eigenvalue weighted by molar-refractivity contribution is 7.94. The topological polar surface area (TPSA) is 151 Å². The molecule has 0 bridgehead atoms. The van der Waals surface area contributed by atoms with Gasteiger partial charge in [-0.1, -0.05) is 0 Å². The average molecular weight is 501 g/mol. The third kappa shape index (κ3) is 6.34. The Morgan fingerprint density at radius 2 is 1.03 bits per heavy atom. The third-order valence-electron chi connectivity index (χ3n) is 4.48. The van der Waals surface area contributed by atoms with E-state index in [9.17, 15) is 25.3 Å². The predicted molar refractivity (Wildman–Crippen MR) is 117 cm³/mol. The summed E-state index contributed by atoms with van der Waals surface area (Å²) in [5.74, 6) is -0.589. The van der Waals surface area contributed by atoms with Gasteiger partial charge in [0.25, 0.3) is 0 Å². The quantitative estimate of drug-likeness (QED) is 0.307. The number of sulfone groups is 3. The zero-order valence-corrected chi connectivity index (χ0v) is 19.0. The fourth-order valence-corrected chi connectivity index (χ4v) is 8.16. The molecule has 0 aromatic heterocycles. The maximum Gasteiger partial charge on any atom is 0.173 e. The molecule has 162 valence electrons. The van der Waals surface area contributed by atoms with E-state index in [4.69, 9.17) is 24.4 Å². The van der Waals surface area contributed by atoms with Crippen molar-refractivity contribution in [2.45, 2.75) is 24.2 Å². The highest BCUT2D eigenvalue weighted by atomic mass is 32.2. The molecule has 4 atom stereocenters. The fourth-order valence-electron chi connectivity index (χ4n) is 3.22. The van der Waals surface area contributed by atoms with E-state index in [2.05, 4.69) is 21.3 Å². The lowest BCUT2D eigenvalue weighted by Gasteiger charge is -2.25. The molecule has 3 aliphatic rings. The highest BCUT2D eigenvalue weighted by Gasteiger charge is 2.39. The number of nitrogens with one attached hydrogen (secondary N) is 4. The van der Waals surface area contributed by atoms with Crippen molar-refractivity contribution in [2.24, 2.45) is 0 Å². The Morgan fingerprint density at radius 3 is 1.34 bits per heavy atom. The van der Waals surface area contributed by atoms with E-state index in [0.717, 1.165) is 10.8 Å². The van der Waals surface area contributed by atoms with Gasteiger partial charge in [-0.05, 0) is 36.6 Å². The van der Waals surface area contributed by atoms with Crippen molar-refractivity contribution in [1.29, 1.82) is 0 Å². The molecule has 0 aliphatic carbocycles. The van der Waals surface area contributed by atoms with Crippen LogP contribution in [0.1, 0.15) is 0 Å². The molecular weight excluding hydrogens is 481 g/mol. The normalized spacial score (nSPS) is 33.2. The lowest BCUT2D eigenvalue weighted by atomic mass is 10.2. The van der Waals surface area contributed by atoms with E-state index in [-0.39, 0.29) is 33.2 Å². The van der Waals surface area contributed by atoms with Crippen LogP contribution in [0.3, 0.4) is 0 Å². The third-order valence-corrected chi connectivity index (χ3v) is 9.48. The summed E-state index contributed by atoms with van der Waals surface area (Å²) in [7, 11) is -9.84. The van der Waals surface area contributed by atoms with E-state index in [1.54, 1.807) is 0 Å². The molecule has 0 radical (unpaired) electrons. The van der Waals surface area contributed by atoms with Crippen LogP contribution in [0.25, 0.3) is 0 Å². The van der Waals surface area contributed by atoms with Gasteiger partial charge in [-0.2, -0.15) is 0 Å². The van der Waals surface area contributed by atoms with E-state index >= 15 is 0 Å². The van der Waals surface area contributed by atoms with Crippen molar-refractivity contribution in [1.82, 2.24) is 21.3 Å². The first-order chi connectivity index (χ1) is 13.3. The van der Waals surface area contributed by atoms with Crippen molar-refractivity contribution >= 4 is 64.2 Å². The first-order valence-electron chi connectivity index (χ1n) is 8.49. The Labute approximate surface area is 180 Å². The van der Waals surface area contributed by atoms with Crippen molar-refractivity contribution in [3.8, 4) is 0 Å². The van der Waals surface area contributed by atoms with Crippen LogP contribution in [-0.2, 0) is 29.5 Å². The lowest BCUT2D eigenvalue weighted by molar-refractivity contribution is 0.533. The van der Waals surface area contributed by atoms with Crippen LogP contribution < -0.4 is 21.3 Å². The molecule has 0 amide bonds. The van der Waals surface area contributed by atoms with Gasteiger partial charge in [0.05, 0.1) is 47.2 Å². The van der Waals surface area contributed by atoms with Gasteiger partial charge in [0.1, 0.15) is 0 Å². The van der Waals surface area contributed by atoms with Gasteiger partial charge < -0.3 is 21.3 Å². The molecule has 0 spiro atoms. The van der Waals surface area contributed by atoms with Crippen LogP contribution in [0.5, 0.6) is 0 Å². The van der Waals surface area contributed by atoms with Gasteiger partial charge in [-0.3, -0.25) is 0 Å². The molecule has 15 heteroatoms. The van der Waals surface area contributed by atoms with Crippen molar-refractivity contribution < 1.29 is 25.3 Å². The van der Waals surface area contributed by atoms with Gasteiger partial charge in [0.15, 0.2) is 39.7 Å². The van der Waals surface area contributed by atoms with Crippen LogP contribution in [0.15, 0.2) is 23.0 Å². The Hall–Kier alpha value is -1.29. The molecule has 0 saturated carbocycles. The second-order valence-corrected chi connectivity index (χ2v) is 13.9. The summed E-state index contributed by atoms with van der Waals surface area (Å²) >= 11 is 10.4. The molecule has 4 N–H and O–H groups in total. The predicted octanol–water partition coefficient (Wildman–Crippen LogP) is -2.30. The maximum atomic E-state index is 12.1. The molecule has 3 aliphatic heterocycles. The van der Waals surface area contributed by atoms with Gasteiger partial charge >= 0.3 is 0 Å². The molecule has 0 aromatic carbocycles. The number of thiocarbonyl (C=S) groups is 2. The van der Waals surface area contributed by atoms with Crippen molar-refractivity contribution in [3.63, 3.8) is 0 Å². The Balaban J connectivity index is 1.56. The van der Waals surface area contributed by atoms with Crippen LogP contribution in [0.2, 0.25) is 0 Å². The summed E-state index contributed by atoms with van der Waals surface area (Å²) in [4.78, 5) is 0. The van der Waals surface area contributed by atoms with Crippen molar-refractivity contribution in [2.75, 3.05) is 23.0 Å². The van der Waals surface area contributed by atoms with E-state index in [1.165, 1.54) is 12.2 Å². The van der Waals surface area contributed by atoms with Crippen LogP contribution >= 0.6 is 24.4 Å². The average Bonchev–Trinajstić information content (AvgIpc) is 3.14. The monoisotopic (exact) mass is 500 g/mol. The molecule has 1 saturated heterocycles. The molecule has 1 fully saturated rings. The summed E-state index contributed by atoms with van der Waals surface area (Å²) in [6.07, 6.45) is 2.96. The second kappa shape index (κ2) is 8.09. The van der Waals surface area contributed by atoms with Crippen LogP contribution in [-0.4, -0.2) is 82.7 Å². The number of hydrogen-bond acceptors (Lipinski definition) is 8. The standard InChI is InChI=1S/C14H20N4O6S5/c19-27(20)3-1-9(5-27)15-13(25)17-11-7-29(23,24)8-12(11)18-14(26)16-10-2-4-28(21,22)6-10/h1-4,9-12H,5-8H2,(H2,15,17,25)(H2,16,18,26). The molecule has 4 unspecified atom stereocenters. The molecule has 0 aromatic rings. The Kier molecular flexibility index (Phi) is 6.25. The van der Waals surface area contributed by atoms with E-state index in [1.807, 2.05) is 0 Å². The summed E-state index contributed by atoms with van der Waals surface area (Å²) < 4.78 is 70.0.